The van der Waals surface area contributed by atoms with E-state index in [1.54, 1.807) is 12.1 Å². The van der Waals surface area contributed by atoms with Gasteiger partial charge >= 0.3 is 17.9 Å². The molecule has 0 saturated carbocycles. The largest absolute Gasteiger partial charge is 0.497 e. The van der Waals surface area contributed by atoms with E-state index in [1.807, 2.05) is 0 Å². The van der Waals surface area contributed by atoms with Crippen molar-refractivity contribution >= 4 is 52.7 Å². The summed E-state index contributed by atoms with van der Waals surface area (Å²) in [6, 6.07) is 15.6. The standard InChI is InChI=1S/C26H21Cl2NO9/c1-35-19-7-3-5-14(9-19)25(33)37-21(23(30)29-18-12-16(27)11-17(28)13-18)22(24(31)32)38-26(34)15-6-4-8-20(10-15)36-2/h3-13,21-22H,1-2H3,(H,29,30)(H,31,32)/t21-,22+/m1/s1. The van der Waals surface area contributed by atoms with Crippen LogP contribution in [0.3, 0.4) is 0 Å². The number of ether oxygens (including phenoxy) is 4. The molecule has 3 aromatic carbocycles. The highest BCUT2D eigenvalue weighted by Gasteiger charge is 2.41. The van der Waals surface area contributed by atoms with Gasteiger partial charge in [-0.1, -0.05) is 35.3 Å². The first-order valence-electron chi connectivity index (χ1n) is 10.8. The van der Waals surface area contributed by atoms with E-state index in [0.29, 0.717) is 11.5 Å². The molecule has 1 amide bonds. The Labute approximate surface area is 227 Å². The number of nitrogens with one attached hydrogen (secondary N) is 1. The molecule has 0 heterocycles. The molecule has 10 nitrogen and oxygen atoms in total. The van der Waals surface area contributed by atoms with Gasteiger partial charge in [0.25, 0.3) is 5.91 Å². The maximum atomic E-state index is 13.2. The van der Waals surface area contributed by atoms with Crippen LogP contribution in [-0.4, -0.2) is 55.3 Å². The summed E-state index contributed by atoms with van der Waals surface area (Å²) >= 11 is 11.9. The molecule has 198 valence electrons. The van der Waals surface area contributed by atoms with Crippen LogP contribution in [-0.2, 0) is 19.1 Å². The van der Waals surface area contributed by atoms with E-state index in [9.17, 15) is 24.3 Å². The molecule has 0 radical (unpaired) electrons. The van der Waals surface area contributed by atoms with Gasteiger partial charge in [-0.15, -0.1) is 0 Å². The maximum Gasteiger partial charge on any atom is 0.349 e. The van der Waals surface area contributed by atoms with Crippen LogP contribution in [0.15, 0.2) is 66.7 Å². The average Bonchev–Trinajstić information content (AvgIpc) is 2.89. The zero-order chi connectivity index (χ0) is 27.8. The van der Waals surface area contributed by atoms with Crippen molar-refractivity contribution in [2.24, 2.45) is 0 Å². The molecule has 3 aromatic rings. The quantitative estimate of drug-likeness (QED) is 0.343. The van der Waals surface area contributed by atoms with Gasteiger partial charge in [-0.2, -0.15) is 0 Å². The number of hydrogen-bond donors (Lipinski definition) is 2. The number of esters is 2. The molecule has 0 aromatic heterocycles. The van der Waals surface area contributed by atoms with Gasteiger partial charge in [0.05, 0.1) is 25.3 Å². The summed E-state index contributed by atoms with van der Waals surface area (Å²) in [6.45, 7) is 0. The van der Waals surface area contributed by atoms with Crippen LogP contribution in [0.4, 0.5) is 5.69 Å². The molecular weight excluding hydrogens is 541 g/mol. The number of carboxylic acids is 1. The summed E-state index contributed by atoms with van der Waals surface area (Å²) in [5, 5.41) is 12.6. The zero-order valence-corrected chi connectivity index (χ0v) is 21.5. The number of hydrogen-bond acceptors (Lipinski definition) is 8. The van der Waals surface area contributed by atoms with E-state index in [0.717, 1.165) is 0 Å². The molecule has 3 rings (SSSR count). The van der Waals surface area contributed by atoms with Crippen molar-refractivity contribution in [1.82, 2.24) is 0 Å². The number of halogens is 2. The Morgan fingerprint density at radius 1 is 0.737 bits per heavy atom. The highest BCUT2D eigenvalue weighted by molar-refractivity contribution is 6.35. The lowest BCUT2D eigenvalue weighted by Crippen LogP contribution is -2.48. The van der Waals surface area contributed by atoms with Crippen molar-refractivity contribution in [2.75, 3.05) is 19.5 Å². The van der Waals surface area contributed by atoms with Gasteiger partial charge in [0.2, 0.25) is 12.2 Å². The van der Waals surface area contributed by atoms with Crippen molar-refractivity contribution in [3.8, 4) is 11.5 Å². The van der Waals surface area contributed by atoms with Gasteiger partial charge in [0, 0.05) is 15.7 Å². The number of rotatable bonds is 10. The molecule has 0 spiro atoms. The van der Waals surface area contributed by atoms with Gasteiger partial charge in [0.15, 0.2) is 0 Å². The van der Waals surface area contributed by atoms with E-state index >= 15 is 0 Å². The predicted octanol–water partition coefficient (Wildman–Crippen LogP) is 4.48. The molecular formula is C26H21Cl2NO9. The minimum atomic E-state index is -2.24. The van der Waals surface area contributed by atoms with E-state index in [-0.39, 0.29) is 26.9 Å². The Morgan fingerprint density at radius 3 is 1.66 bits per heavy atom. The Kier molecular flexibility index (Phi) is 9.53. The molecule has 38 heavy (non-hydrogen) atoms. The van der Waals surface area contributed by atoms with Crippen LogP contribution in [0.25, 0.3) is 0 Å². The Bertz CT molecular complexity index is 1340. The summed E-state index contributed by atoms with van der Waals surface area (Å²) in [6.07, 6.45) is -4.36. The van der Waals surface area contributed by atoms with Crippen LogP contribution in [0.2, 0.25) is 10.0 Å². The fourth-order valence-electron chi connectivity index (χ4n) is 3.20. The molecule has 12 heteroatoms. The number of methoxy groups -OCH3 is 2. The van der Waals surface area contributed by atoms with Crippen LogP contribution in [0, 0.1) is 0 Å². The van der Waals surface area contributed by atoms with Crippen molar-refractivity contribution < 1.29 is 43.2 Å². The molecule has 0 unspecified atom stereocenters. The van der Waals surface area contributed by atoms with E-state index in [4.69, 9.17) is 42.1 Å². The lowest BCUT2D eigenvalue weighted by atomic mass is 10.1. The summed E-state index contributed by atoms with van der Waals surface area (Å²) < 4.78 is 20.6. The monoisotopic (exact) mass is 561 g/mol. The van der Waals surface area contributed by atoms with E-state index < -0.39 is 36.0 Å². The molecule has 2 atom stereocenters. The second-order valence-electron chi connectivity index (χ2n) is 7.60. The zero-order valence-electron chi connectivity index (χ0n) is 20.0. The van der Waals surface area contributed by atoms with E-state index in [2.05, 4.69) is 5.32 Å². The Hall–Kier alpha value is -4.28. The Morgan fingerprint density at radius 2 is 1.21 bits per heavy atom. The van der Waals surface area contributed by atoms with E-state index in [1.165, 1.54) is 68.8 Å². The van der Waals surface area contributed by atoms with Crippen LogP contribution in [0.1, 0.15) is 20.7 Å². The average molecular weight is 562 g/mol. The molecule has 0 saturated heterocycles. The molecule has 0 aliphatic rings. The predicted molar refractivity (Wildman–Crippen MR) is 137 cm³/mol. The summed E-state index contributed by atoms with van der Waals surface area (Å²) in [4.78, 5) is 51.1. The lowest BCUT2D eigenvalue weighted by Gasteiger charge is -2.24. The number of aliphatic carboxylic acids is 1. The number of carbonyl (C=O) groups excluding carboxylic acids is 3. The van der Waals surface area contributed by atoms with Crippen molar-refractivity contribution in [2.45, 2.75) is 12.2 Å². The first-order chi connectivity index (χ1) is 18.1. The maximum absolute atomic E-state index is 13.2. The van der Waals surface area contributed by atoms with Crippen LogP contribution < -0.4 is 14.8 Å². The SMILES string of the molecule is COc1cccc(C(=O)O[C@H](C(=O)O)[C@@H](OC(=O)c2cccc(OC)c2)C(=O)Nc2cc(Cl)cc(Cl)c2)c1. The van der Waals surface area contributed by atoms with Gasteiger partial charge in [-0.25, -0.2) is 14.4 Å². The smallest absolute Gasteiger partial charge is 0.349 e. The molecule has 0 aliphatic carbocycles. The highest BCUT2D eigenvalue weighted by Crippen LogP contribution is 2.24. The minimum Gasteiger partial charge on any atom is -0.497 e. The van der Waals surface area contributed by atoms with Gasteiger partial charge < -0.3 is 29.4 Å². The molecule has 0 bridgehead atoms. The van der Waals surface area contributed by atoms with Crippen molar-refractivity contribution in [1.29, 1.82) is 0 Å². The second-order valence-corrected chi connectivity index (χ2v) is 8.47. The summed E-state index contributed by atoms with van der Waals surface area (Å²) in [7, 11) is 2.76. The third kappa shape index (κ3) is 7.37. The number of amides is 1. The minimum absolute atomic E-state index is 0.0452. The van der Waals surface area contributed by atoms with Gasteiger partial charge in [0.1, 0.15) is 11.5 Å². The first kappa shape index (κ1) is 28.3. The van der Waals surface area contributed by atoms with Crippen LogP contribution in [0.5, 0.6) is 11.5 Å². The fourth-order valence-corrected chi connectivity index (χ4v) is 3.73. The highest BCUT2D eigenvalue weighted by atomic mass is 35.5. The molecule has 0 aliphatic heterocycles. The van der Waals surface area contributed by atoms with Crippen molar-refractivity contribution in [3.63, 3.8) is 0 Å². The summed E-state index contributed by atoms with van der Waals surface area (Å²) in [5.74, 6) is -4.42. The normalized spacial score (nSPS) is 12.0. The Balaban J connectivity index is 1.95. The number of carboxylic acid groups (broad SMARTS) is 1. The molecule has 2 N–H and O–H groups in total. The third-order valence-corrected chi connectivity index (χ3v) is 5.42. The number of carbonyl (C=O) groups is 4. The van der Waals surface area contributed by atoms with Crippen molar-refractivity contribution in [3.05, 3.63) is 87.9 Å². The fraction of sp³-hybridized carbons (Fsp3) is 0.154. The number of benzene rings is 3. The topological polar surface area (TPSA) is 137 Å². The molecule has 0 fully saturated rings. The number of anilines is 1. The lowest BCUT2D eigenvalue weighted by molar-refractivity contribution is -0.157. The summed E-state index contributed by atoms with van der Waals surface area (Å²) in [5.41, 5.74) is -0.0232. The van der Waals surface area contributed by atoms with Crippen LogP contribution >= 0.6 is 23.2 Å². The van der Waals surface area contributed by atoms with Gasteiger partial charge in [-0.3, -0.25) is 4.79 Å². The first-order valence-corrected chi connectivity index (χ1v) is 11.6. The second kappa shape index (κ2) is 12.8. The third-order valence-electron chi connectivity index (χ3n) is 4.99. The van der Waals surface area contributed by atoms with Gasteiger partial charge in [-0.05, 0) is 54.6 Å².